The quantitative estimate of drug-likeness (QED) is 0.501. The first-order valence-corrected chi connectivity index (χ1v) is 4.50. The van der Waals surface area contributed by atoms with Gasteiger partial charge in [0, 0.05) is 8.03 Å². The van der Waals surface area contributed by atoms with Crippen molar-refractivity contribution < 1.29 is 10.6 Å². The monoisotopic (exact) mass is 136 g/mol. The molecule has 0 amide bonds. The lowest BCUT2D eigenvalue weighted by Crippen LogP contribution is -2.22. The topological polar surface area (TPSA) is 29.5 Å². The van der Waals surface area contributed by atoms with Crippen LogP contribution < -0.4 is 0 Å². The van der Waals surface area contributed by atoms with Crippen LogP contribution in [0.4, 0.5) is 0 Å². The highest BCUT2D eigenvalue weighted by Gasteiger charge is 2.11. The van der Waals surface area contributed by atoms with Crippen LogP contribution in [0, 0.1) is 0 Å². The molecule has 0 aromatic rings. The molecule has 52 valence electrons. The molecule has 0 aromatic heterocycles. The minimum absolute atomic E-state index is 0. The Balaban J connectivity index is 0. The third-order valence-corrected chi connectivity index (χ3v) is 2.68. The minimum Gasteiger partial charge on any atom is -0.413 e. The minimum atomic E-state index is -1.59. The Bertz CT molecular complexity index is 56.9. The third-order valence-electron chi connectivity index (χ3n) is 1.16. The average Bonchev–Trinajstić information content (AvgIpc) is 1.69. The second-order valence-electron chi connectivity index (χ2n) is 1.82. The summed E-state index contributed by atoms with van der Waals surface area (Å²) in [6.07, 6.45) is 2.32. The molecule has 1 aliphatic rings. The lowest BCUT2D eigenvalue weighted by atomic mass is 10.4. The van der Waals surface area contributed by atoms with E-state index in [-0.39, 0.29) is 8.85 Å². The first-order valence-electron chi connectivity index (χ1n) is 2.69. The van der Waals surface area contributed by atoms with E-state index in [4.69, 9.17) is 9.22 Å². The van der Waals surface area contributed by atoms with Crippen LogP contribution in [-0.4, -0.2) is 20.7 Å². The first kappa shape index (κ1) is 8.14. The van der Waals surface area contributed by atoms with Crippen molar-refractivity contribution in [3.05, 3.63) is 0 Å². The molecule has 1 fully saturated rings. The smallest absolute Gasteiger partial charge is 0.318 e. The van der Waals surface area contributed by atoms with E-state index in [0.717, 1.165) is 19.1 Å². The molecule has 0 spiro atoms. The highest BCUT2D eigenvalue weighted by molar-refractivity contribution is 6.42. The van der Waals surface area contributed by atoms with Crippen molar-refractivity contribution in [2.45, 2.75) is 26.3 Å². The van der Waals surface area contributed by atoms with E-state index >= 15 is 0 Å². The van der Waals surface area contributed by atoms with Gasteiger partial charge < -0.3 is 9.22 Å². The van der Waals surface area contributed by atoms with E-state index in [0.29, 0.717) is 0 Å². The Morgan fingerprint density at radius 1 is 1.50 bits per heavy atom. The van der Waals surface area contributed by atoms with Gasteiger partial charge in [0.2, 0.25) is 0 Å². The fraction of sp³-hybridized carbons (Fsp3) is 1.00. The first-order chi connectivity index (χ1) is 3.39. The van der Waals surface area contributed by atoms with E-state index in [1.807, 2.05) is 0 Å². The van der Waals surface area contributed by atoms with Crippen LogP contribution >= 0.6 is 0 Å². The molecule has 0 aromatic carbocycles. The SMILES string of the molecule is C.O[SiH]1CCCCO1.[HH]. The van der Waals surface area contributed by atoms with Crippen LogP contribution in [0.3, 0.4) is 0 Å². The Kier molecular flexibility index (Phi) is 4.13. The van der Waals surface area contributed by atoms with E-state index in [9.17, 15) is 0 Å². The summed E-state index contributed by atoms with van der Waals surface area (Å²) < 4.78 is 4.97. The third kappa shape index (κ3) is 2.45. The second-order valence-corrected chi connectivity index (χ2v) is 3.64. The molecule has 1 aliphatic heterocycles. The van der Waals surface area contributed by atoms with Crippen molar-refractivity contribution >= 4 is 9.28 Å². The van der Waals surface area contributed by atoms with Crippen molar-refractivity contribution in [2.24, 2.45) is 0 Å². The number of rotatable bonds is 0. The summed E-state index contributed by atoms with van der Waals surface area (Å²) in [4.78, 5) is 8.83. The number of hydrogen-bond donors (Lipinski definition) is 1. The van der Waals surface area contributed by atoms with E-state index < -0.39 is 9.28 Å². The Labute approximate surface area is 53.8 Å². The van der Waals surface area contributed by atoms with Gasteiger partial charge in [0.1, 0.15) is 0 Å². The van der Waals surface area contributed by atoms with Gasteiger partial charge >= 0.3 is 9.28 Å². The van der Waals surface area contributed by atoms with Crippen LogP contribution in [0.15, 0.2) is 0 Å². The normalized spacial score (nSPS) is 28.9. The van der Waals surface area contributed by atoms with Gasteiger partial charge in [-0.25, -0.2) is 0 Å². The molecule has 1 atom stereocenters. The van der Waals surface area contributed by atoms with Crippen LogP contribution in [0.5, 0.6) is 0 Å². The number of hydrogen-bond acceptors (Lipinski definition) is 2. The molecule has 0 saturated carbocycles. The van der Waals surface area contributed by atoms with Gasteiger partial charge in [-0.1, -0.05) is 7.43 Å². The van der Waals surface area contributed by atoms with Gasteiger partial charge in [0.05, 0.1) is 0 Å². The second kappa shape index (κ2) is 4.06. The fourth-order valence-electron chi connectivity index (χ4n) is 0.724. The van der Waals surface area contributed by atoms with Crippen molar-refractivity contribution in [3.8, 4) is 0 Å². The summed E-state index contributed by atoms with van der Waals surface area (Å²) in [6.45, 7) is 0.799. The largest absolute Gasteiger partial charge is 0.413 e. The molecule has 1 N–H and O–H groups in total. The zero-order valence-electron chi connectivity index (χ0n) is 4.26. The van der Waals surface area contributed by atoms with E-state index in [1.54, 1.807) is 0 Å². The maximum absolute atomic E-state index is 8.83. The standard InChI is InChI=1S/C4H10O2Si.CH4.H2/c5-7-4-2-1-3-6-7;;/h5,7H,1-4H2;1H4;1H. The zero-order valence-corrected chi connectivity index (χ0v) is 5.42. The highest BCUT2D eigenvalue weighted by atomic mass is 28.3. The predicted molar refractivity (Wildman–Crippen MR) is 38.2 cm³/mol. The van der Waals surface area contributed by atoms with Crippen LogP contribution in [0.25, 0.3) is 0 Å². The summed E-state index contributed by atoms with van der Waals surface area (Å²) in [5.41, 5.74) is 0. The van der Waals surface area contributed by atoms with E-state index in [1.165, 1.54) is 6.42 Å². The van der Waals surface area contributed by atoms with Gasteiger partial charge in [-0.05, 0) is 18.9 Å². The molecule has 2 nitrogen and oxygen atoms in total. The lowest BCUT2D eigenvalue weighted by Gasteiger charge is -2.14. The molecule has 1 rings (SSSR count). The summed E-state index contributed by atoms with van der Waals surface area (Å²) in [5, 5.41) is 0. The molecule has 0 aliphatic carbocycles. The van der Waals surface area contributed by atoms with Crippen LogP contribution in [0.2, 0.25) is 6.04 Å². The summed E-state index contributed by atoms with van der Waals surface area (Å²) in [7, 11) is -1.59. The van der Waals surface area contributed by atoms with Crippen molar-refractivity contribution in [1.82, 2.24) is 0 Å². The Morgan fingerprint density at radius 2 is 2.25 bits per heavy atom. The van der Waals surface area contributed by atoms with Crippen LogP contribution in [0.1, 0.15) is 21.7 Å². The zero-order chi connectivity index (χ0) is 5.11. The Hall–Kier alpha value is 0.137. The van der Waals surface area contributed by atoms with Crippen molar-refractivity contribution in [1.29, 1.82) is 0 Å². The average molecular weight is 136 g/mol. The van der Waals surface area contributed by atoms with Crippen molar-refractivity contribution in [2.75, 3.05) is 6.61 Å². The molecule has 3 heteroatoms. The van der Waals surface area contributed by atoms with Gasteiger partial charge in [0.25, 0.3) is 0 Å². The molecule has 1 saturated heterocycles. The Morgan fingerprint density at radius 3 is 2.50 bits per heavy atom. The van der Waals surface area contributed by atoms with Crippen molar-refractivity contribution in [3.63, 3.8) is 0 Å². The fourth-order valence-corrected chi connectivity index (χ4v) is 1.97. The van der Waals surface area contributed by atoms with Gasteiger partial charge in [-0.3, -0.25) is 0 Å². The summed E-state index contributed by atoms with van der Waals surface area (Å²) >= 11 is 0. The molecular weight excluding hydrogens is 120 g/mol. The van der Waals surface area contributed by atoms with Gasteiger partial charge in [0.15, 0.2) is 0 Å². The molecule has 8 heavy (non-hydrogen) atoms. The molecular formula is C5H16O2Si. The molecule has 1 heterocycles. The molecule has 0 radical (unpaired) electrons. The highest BCUT2D eigenvalue weighted by Crippen LogP contribution is 2.07. The summed E-state index contributed by atoms with van der Waals surface area (Å²) in [6, 6.07) is 0.958. The van der Waals surface area contributed by atoms with E-state index in [2.05, 4.69) is 0 Å². The maximum Gasteiger partial charge on any atom is 0.318 e. The lowest BCUT2D eigenvalue weighted by molar-refractivity contribution is 0.231. The summed E-state index contributed by atoms with van der Waals surface area (Å²) in [5.74, 6) is 0. The van der Waals surface area contributed by atoms with Crippen LogP contribution in [-0.2, 0) is 4.43 Å². The van der Waals surface area contributed by atoms with Gasteiger partial charge in [-0.2, -0.15) is 0 Å². The molecule has 1 unspecified atom stereocenters. The van der Waals surface area contributed by atoms with Gasteiger partial charge in [-0.15, -0.1) is 0 Å². The molecule has 0 bridgehead atoms. The maximum atomic E-state index is 8.83. The predicted octanol–water partition coefficient (Wildman–Crippen LogP) is 0.892.